The average Bonchev–Trinajstić information content (AvgIpc) is 3.06. The monoisotopic (exact) mass is 449 g/mol. The molecule has 1 amide bonds. The number of benzene rings is 1. The van der Waals surface area contributed by atoms with Crippen LogP contribution in [0.15, 0.2) is 66.3 Å². The lowest BCUT2D eigenvalue weighted by Gasteiger charge is -2.44. The van der Waals surface area contributed by atoms with E-state index in [9.17, 15) is 19.8 Å². The third kappa shape index (κ3) is 4.24. The highest BCUT2D eigenvalue weighted by molar-refractivity contribution is 6.13. The first kappa shape index (κ1) is 23.7. The molecular formula is C28H35NO4. The van der Waals surface area contributed by atoms with E-state index in [-0.39, 0.29) is 42.1 Å². The molecule has 33 heavy (non-hydrogen) atoms. The van der Waals surface area contributed by atoms with Gasteiger partial charge < -0.3 is 15.5 Å². The summed E-state index contributed by atoms with van der Waals surface area (Å²) in [5.74, 6) is -1.22. The summed E-state index contributed by atoms with van der Waals surface area (Å²) in [5, 5.41) is 24.1. The number of nitrogens with one attached hydrogen (secondary N) is 1. The predicted molar refractivity (Wildman–Crippen MR) is 128 cm³/mol. The number of amides is 1. The van der Waals surface area contributed by atoms with Crippen molar-refractivity contribution in [3.63, 3.8) is 0 Å². The van der Waals surface area contributed by atoms with Gasteiger partial charge in [0, 0.05) is 17.9 Å². The van der Waals surface area contributed by atoms with E-state index in [0.29, 0.717) is 12.8 Å². The minimum atomic E-state index is -1.30. The second kappa shape index (κ2) is 9.03. The molecule has 3 aliphatic rings. The van der Waals surface area contributed by atoms with E-state index in [0.717, 1.165) is 17.6 Å². The Bertz CT molecular complexity index is 992. The summed E-state index contributed by atoms with van der Waals surface area (Å²) in [4.78, 5) is 27.7. The highest BCUT2D eigenvalue weighted by Gasteiger charge is 2.65. The molecule has 0 saturated carbocycles. The molecule has 1 saturated heterocycles. The van der Waals surface area contributed by atoms with Crippen LogP contribution < -0.4 is 5.32 Å². The number of aliphatic hydroxyl groups excluding tert-OH is 1. The van der Waals surface area contributed by atoms with Gasteiger partial charge in [0.05, 0.1) is 12.2 Å². The fourth-order valence-corrected chi connectivity index (χ4v) is 6.31. The summed E-state index contributed by atoms with van der Waals surface area (Å²) in [5.41, 5.74) is -0.462. The minimum Gasteiger partial charge on any atom is -0.392 e. The molecule has 1 spiro atoms. The Morgan fingerprint density at radius 1 is 1.15 bits per heavy atom. The van der Waals surface area contributed by atoms with Crippen molar-refractivity contribution < 1.29 is 19.8 Å². The van der Waals surface area contributed by atoms with E-state index in [2.05, 4.69) is 12.2 Å². The van der Waals surface area contributed by atoms with Crippen molar-refractivity contribution in [2.24, 2.45) is 29.1 Å². The molecule has 7 atom stereocenters. The molecule has 1 aliphatic heterocycles. The van der Waals surface area contributed by atoms with Gasteiger partial charge in [-0.2, -0.15) is 0 Å². The largest absolute Gasteiger partial charge is 0.392 e. The molecule has 1 heterocycles. The van der Waals surface area contributed by atoms with Gasteiger partial charge in [-0.15, -0.1) is 0 Å². The number of allylic oxidation sites excluding steroid dienone is 4. The van der Waals surface area contributed by atoms with E-state index < -0.39 is 16.9 Å². The fourth-order valence-electron chi connectivity index (χ4n) is 6.31. The second-order valence-electron chi connectivity index (χ2n) is 10.4. The maximum Gasteiger partial charge on any atom is 0.235 e. The number of carbonyl (C=O) groups excluding carboxylic acids is 2. The topological polar surface area (TPSA) is 86.6 Å². The van der Waals surface area contributed by atoms with Crippen molar-refractivity contribution in [2.75, 3.05) is 6.61 Å². The lowest BCUT2D eigenvalue weighted by molar-refractivity contribution is -0.142. The van der Waals surface area contributed by atoms with Crippen LogP contribution in [0.2, 0.25) is 0 Å². The fraction of sp³-hybridized carbons (Fsp3) is 0.500. The number of carbonyl (C=O) groups is 2. The number of hydrogen-bond acceptors (Lipinski definition) is 4. The van der Waals surface area contributed by atoms with Gasteiger partial charge in [-0.3, -0.25) is 9.59 Å². The molecule has 176 valence electrons. The van der Waals surface area contributed by atoms with Crippen molar-refractivity contribution in [2.45, 2.75) is 51.7 Å². The van der Waals surface area contributed by atoms with Gasteiger partial charge in [0.15, 0.2) is 5.78 Å². The van der Waals surface area contributed by atoms with Crippen molar-refractivity contribution in [1.29, 1.82) is 0 Å². The molecular weight excluding hydrogens is 414 g/mol. The first-order valence-corrected chi connectivity index (χ1v) is 12.0. The number of aliphatic hydroxyl groups is 2. The first-order valence-electron chi connectivity index (χ1n) is 12.0. The van der Waals surface area contributed by atoms with Crippen LogP contribution in [0.25, 0.3) is 0 Å². The Morgan fingerprint density at radius 2 is 1.88 bits per heavy atom. The Morgan fingerprint density at radius 3 is 2.58 bits per heavy atom. The van der Waals surface area contributed by atoms with E-state index in [4.69, 9.17) is 0 Å². The van der Waals surface area contributed by atoms with E-state index in [1.165, 1.54) is 6.08 Å². The second-order valence-corrected chi connectivity index (χ2v) is 10.4. The quantitative estimate of drug-likeness (QED) is 0.488. The summed E-state index contributed by atoms with van der Waals surface area (Å²) < 4.78 is 0. The lowest BCUT2D eigenvalue weighted by Crippen LogP contribution is -2.52. The van der Waals surface area contributed by atoms with Crippen LogP contribution in [0.3, 0.4) is 0 Å². The Hall–Kier alpha value is -2.50. The van der Waals surface area contributed by atoms with Gasteiger partial charge >= 0.3 is 0 Å². The molecule has 0 bridgehead atoms. The first-order chi connectivity index (χ1) is 15.7. The zero-order chi connectivity index (χ0) is 23.8. The number of rotatable bonds is 3. The number of hydrogen-bond donors (Lipinski definition) is 3. The van der Waals surface area contributed by atoms with E-state index in [1.807, 2.05) is 55.5 Å². The summed E-state index contributed by atoms with van der Waals surface area (Å²) in [6.45, 7) is 5.69. The summed E-state index contributed by atoms with van der Waals surface area (Å²) >= 11 is 0. The molecule has 0 radical (unpaired) electrons. The highest BCUT2D eigenvalue weighted by atomic mass is 16.3. The molecule has 3 N–H and O–H groups in total. The van der Waals surface area contributed by atoms with Crippen LogP contribution >= 0.6 is 0 Å². The van der Waals surface area contributed by atoms with Crippen molar-refractivity contribution in [3.05, 3.63) is 71.8 Å². The standard InChI is InChI=1S/C28H35NO4/c1-18-8-7-11-22-15-21(17-30)19(2)25-23(14-20-9-5-4-6-10-20)29-26(32)28(22,25)24(31)12-13-27(3,33)16-18/h4-7,9-13,15,18-19,22-23,25,30,33H,8,14,16-17H2,1-3H3,(H,29,32)/t18-,19+,22-,23-,25-,27+,28+/m1/s1. The Kier molecular flexibility index (Phi) is 6.47. The van der Waals surface area contributed by atoms with Crippen LogP contribution in [-0.4, -0.2) is 40.2 Å². The van der Waals surface area contributed by atoms with Crippen molar-refractivity contribution >= 4 is 11.7 Å². The number of ketones is 1. The van der Waals surface area contributed by atoms with Gasteiger partial charge in [-0.05, 0) is 61.3 Å². The van der Waals surface area contributed by atoms with Gasteiger partial charge in [-0.25, -0.2) is 0 Å². The molecule has 1 aromatic carbocycles. The lowest BCUT2D eigenvalue weighted by atomic mass is 9.55. The van der Waals surface area contributed by atoms with Gasteiger partial charge in [0.25, 0.3) is 0 Å². The molecule has 5 heteroatoms. The molecule has 5 nitrogen and oxygen atoms in total. The van der Waals surface area contributed by atoms with E-state index in [1.54, 1.807) is 13.0 Å². The maximum absolute atomic E-state index is 13.9. The highest BCUT2D eigenvalue weighted by Crippen LogP contribution is 2.54. The summed E-state index contributed by atoms with van der Waals surface area (Å²) in [6, 6.07) is 9.73. The third-order valence-corrected chi connectivity index (χ3v) is 7.82. The van der Waals surface area contributed by atoms with Crippen molar-refractivity contribution in [1.82, 2.24) is 5.32 Å². The van der Waals surface area contributed by atoms with Crippen LogP contribution in [0, 0.1) is 29.1 Å². The molecule has 1 fully saturated rings. The third-order valence-electron chi connectivity index (χ3n) is 7.82. The van der Waals surface area contributed by atoms with Crippen LogP contribution in [0.1, 0.15) is 39.2 Å². The molecule has 4 rings (SSSR count). The average molecular weight is 450 g/mol. The Balaban J connectivity index is 1.86. The molecule has 2 aliphatic carbocycles. The van der Waals surface area contributed by atoms with Gasteiger partial charge in [0.1, 0.15) is 5.41 Å². The summed E-state index contributed by atoms with van der Waals surface area (Å²) in [6.07, 6.45) is 10.8. The Labute approximate surface area is 196 Å². The maximum atomic E-state index is 13.9. The van der Waals surface area contributed by atoms with E-state index >= 15 is 0 Å². The SMILES string of the molecule is C[C@@H]1CC=C[C@@H]2C=C(CO)[C@H](C)[C@@H]3[C@@H](Cc4ccccc4)NC(=O)[C@]23C(=O)C=C[C@](C)(O)C1. The molecule has 1 aromatic rings. The normalized spacial score (nSPS) is 38.7. The zero-order valence-corrected chi connectivity index (χ0v) is 19.7. The predicted octanol–water partition coefficient (Wildman–Crippen LogP) is 3.38. The summed E-state index contributed by atoms with van der Waals surface area (Å²) in [7, 11) is 0. The zero-order valence-electron chi connectivity index (χ0n) is 19.7. The van der Waals surface area contributed by atoms with Gasteiger partial charge in [0.2, 0.25) is 5.91 Å². The van der Waals surface area contributed by atoms with Crippen LogP contribution in [0.5, 0.6) is 0 Å². The smallest absolute Gasteiger partial charge is 0.235 e. The molecule has 0 aromatic heterocycles. The van der Waals surface area contributed by atoms with Crippen LogP contribution in [0.4, 0.5) is 0 Å². The minimum absolute atomic E-state index is 0.0977. The van der Waals surface area contributed by atoms with Crippen molar-refractivity contribution in [3.8, 4) is 0 Å². The van der Waals surface area contributed by atoms with Gasteiger partial charge in [-0.1, -0.05) is 62.4 Å². The van der Waals surface area contributed by atoms with Crippen LogP contribution in [-0.2, 0) is 16.0 Å². The molecule has 0 unspecified atom stereocenters.